The third-order valence-electron chi connectivity index (χ3n) is 2.91. The Labute approximate surface area is 139 Å². The van der Waals surface area contributed by atoms with Gasteiger partial charge in [0.2, 0.25) is 0 Å². The highest BCUT2D eigenvalue weighted by Crippen LogP contribution is 2.34. The lowest BCUT2D eigenvalue weighted by atomic mass is 10.2. The molecule has 21 heavy (non-hydrogen) atoms. The summed E-state index contributed by atoms with van der Waals surface area (Å²) in [6, 6.07) is 13.5. The van der Waals surface area contributed by atoms with Crippen molar-refractivity contribution in [2.24, 2.45) is 0 Å². The molecule has 0 bridgehead atoms. The number of nitrogens with zero attached hydrogens (tertiary/aromatic N) is 2. The fraction of sp³-hybridized carbons (Fsp3) is 0.0667. The standard InChI is InChI=1S/C15H10BrClN2OS/c1-20-11-4-2-3-9(7-11)14-18-19-15(21-14)10-5-6-12(16)13(17)8-10/h2-8H,1H3. The van der Waals surface area contributed by atoms with Gasteiger partial charge in [0.25, 0.3) is 0 Å². The second kappa shape index (κ2) is 6.13. The summed E-state index contributed by atoms with van der Waals surface area (Å²) in [6.45, 7) is 0. The maximum absolute atomic E-state index is 6.12. The summed E-state index contributed by atoms with van der Waals surface area (Å²) >= 11 is 11.0. The van der Waals surface area contributed by atoms with Gasteiger partial charge in [-0.2, -0.15) is 0 Å². The van der Waals surface area contributed by atoms with Crippen molar-refractivity contribution in [3.63, 3.8) is 0 Å². The first-order valence-corrected chi connectivity index (χ1v) is 8.09. The van der Waals surface area contributed by atoms with Crippen LogP contribution in [0.25, 0.3) is 21.1 Å². The van der Waals surface area contributed by atoms with Gasteiger partial charge in [-0.1, -0.05) is 41.1 Å². The van der Waals surface area contributed by atoms with E-state index in [-0.39, 0.29) is 0 Å². The summed E-state index contributed by atoms with van der Waals surface area (Å²) in [5.74, 6) is 0.802. The number of benzene rings is 2. The Hall–Kier alpha value is -1.43. The van der Waals surface area contributed by atoms with Gasteiger partial charge in [-0.15, -0.1) is 10.2 Å². The van der Waals surface area contributed by atoms with E-state index in [1.165, 1.54) is 11.3 Å². The summed E-state index contributed by atoms with van der Waals surface area (Å²) in [5, 5.41) is 10.8. The quantitative estimate of drug-likeness (QED) is 0.618. The third kappa shape index (κ3) is 3.10. The van der Waals surface area contributed by atoms with Crippen molar-refractivity contribution in [1.82, 2.24) is 10.2 Å². The maximum atomic E-state index is 6.12. The molecule has 0 N–H and O–H groups in total. The summed E-state index contributed by atoms with van der Waals surface area (Å²) in [6.07, 6.45) is 0. The molecule has 0 aliphatic carbocycles. The van der Waals surface area contributed by atoms with E-state index in [1.807, 2.05) is 42.5 Å². The summed E-state index contributed by atoms with van der Waals surface area (Å²) < 4.78 is 6.10. The molecular weight excluding hydrogens is 372 g/mol. The number of hydrogen-bond acceptors (Lipinski definition) is 4. The van der Waals surface area contributed by atoms with Crippen LogP contribution in [0.3, 0.4) is 0 Å². The van der Waals surface area contributed by atoms with Gasteiger partial charge < -0.3 is 4.74 Å². The normalized spacial score (nSPS) is 10.6. The number of aromatic nitrogens is 2. The molecule has 0 spiro atoms. The molecule has 2 aromatic carbocycles. The molecular formula is C15H10BrClN2OS. The SMILES string of the molecule is COc1cccc(-c2nnc(-c3ccc(Br)c(Cl)c3)s2)c1. The van der Waals surface area contributed by atoms with E-state index < -0.39 is 0 Å². The van der Waals surface area contributed by atoms with Gasteiger partial charge in [-0.3, -0.25) is 0 Å². The van der Waals surface area contributed by atoms with Gasteiger partial charge in [0.15, 0.2) is 0 Å². The molecule has 1 heterocycles. The Kier molecular flexibility index (Phi) is 4.24. The Bertz CT molecular complexity index is 791. The Morgan fingerprint density at radius 3 is 2.43 bits per heavy atom. The molecule has 0 atom stereocenters. The highest BCUT2D eigenvalue weighted by Gasteiger charge is 2.10. The van der Waals surface area contributed by atoms with E-state index >= 15 is 0 Å². The second-order valence-electron chi connectivity index (χ2n) is 4.27. The van der Waals surface area contributed by atoms with Crippen LogP contribution in [0.2, 0.25) is 5.02 Å². The van der Waals surface area contributed by atoms with Gasteiger partial charge in [-0.25, -0.2) is 0 Å². The predicted octanol–water partition coefficient (Wildman–Crippen LogP) is 5.30. The first-order valence-electron chi connectivity index (χ1n) is 6.11. The van der Waals surface area contributed by atoms with Crippen LogP contribution in [0.1, 0.15) is 0 Å². The van der Waals surface area contributed by atoms with Crippen molar-refractivity contribution in [3.8, 4) is 26.9 Å². The molecule has 0 saturated carbocycles. The molecule has 0 aliphatic rings. The fourth-order valence-electron chi connectivity index (χ4n) is 1.84. The average Bonchev–Trinajstić information content (AvgIpc) is 3.00. The molecule has 0 unspecified atom stereocenters. The highest BCUT2D eigenvalue weighted by molar-refractivity contribution is 9.10. The smallest absolute Gasteiger partial charge is 0.148 e. The van der Waals surface area contributed by atoms with E-state index in [9.17, 15) is 0 Å². The monoisotopic (exact) mass is 380 g/mol. The van der Waals surface area contributed by atoms with Gasteiger partial charge in [0.05, 0.1) is 12.1 Å². The lowest BCUT2D eigenvalue weighted by molar-refractivity contribution is 0.415. The number of methoxy groups -OCH3 is 1. The summed E-state index contributed by atoms with van der Waals surface area (Å²) in [5.41, 5.74) is 1.94. The zero-order valence-electron chi connectivity index (χ0n) is 11.0. The Balaban J connectivity index is 1.97. The van der Waals surface area contributed by atoms with Crippen molar-refractivity contribution in [3.05, 3.63) is 52.0 Å². The predicted molar refractivity (Wildman–Crippen MR) is 90.0 cm³/mol. The largest absolute Gasteiger partial charge is 0.497 e. The van der Waals surface area contributed by atoms with Crippen molar-refractivity contribution in [2.45, 2.75) is 0 Å². The van der Waals surface area contributed by atoms with Crippen molar-refractivity contribution >= 4 is 38.9 Å². The fourth-order valence-corrected chi connectivity index (χ4v) is 3.11. The van der Waals surface area contributed by atoms with Crippen LogP contribution < -0.4 is 4.74 Å². The molecule has 0 fully saturated rings. The number of ether oxygens (including phenoxy) is 1. The zero-order valence-corrected chi connectivity index (χ0v) is 14.2. The summed E-state index contributed by atoms with van der Waals surface area (Å²) in [4.78, 5) is 0. The second-order valence-corrected chi connectivity index (χ2v) is 6.51. The van der Waals surface area contributed by atoms with Crippen molar-refractivity contribution in [1.29, 1.82) is 0 Å². The number of hydrogen-bond donors (Lipinski definition) is 0. The van der Waals surface area contributed by atoms with Gasteiger partial charge >= 0.3 is 0 Å². The van der Waals surface area contributed by atoms with Crippen LogP contribution in [0.15, 0.2) is 46.9 Å². The van der Waals surface area contributed by atoms with Crippen LogP contribution in [-0.2, 0) is 0 Å². The van der Waals surface area contributed by atoms with E-state index in [0.717, 1.165) is 31.4 Å². The maximum Gasteiger partial charge on any atom is 0.148 e. The minimum absolute atomic E-state index is 0.658. The molecule has 0 radical (unpaired) electrons. The lowest BCUT2D eigenvalue weighted by Crippen LogP contribution is -1.83. The van der Waals surface area contributed by atoms with E-state index in [0.29, 0.717) is 5.02 Å². The van der Waals surface area contributed by atoms with Gasteiger partial charge in [0.1, 0.15) is 15.8 Å². The zero-order chi connectivity index (χ0) is 14.8. The van der Waals surface area contributed by atoms with E-state index in [4.69, 9.17) is 16.3 Å². The molecule has 3 rings (SSSR count). The van der Waals surface area contributed by atoms with Crippen LogP contribution >= 0.6 is 38.9 Å². The van der Waals surface area contributed by atoms with Crippen LogP contribution in [0, 0.1) is 0 Å². The molecule has 3 aromatic rings. The van der Waals surface area contributed by atoms with Crippen LogP contribution in [-0.4, -0.2) is 17.3 Å². The highest BCUT2D eigenvalue weighted by atomic mass is 79.9. The molecule has 6 heteroatoms. The number of rotatable bonds is 3. The molecule has 106 valence electrons. The van der Waals surface area contributed by atoms with Gasteiger partial charge in [-0.05, 0) is 40.2 Å². The lowest BCUT2D eigenvalue weighted by Gasteiger charge is -2.00. The first-order chi connectivity index (χ1) is 10.2. The topological polar surface area (TPSA) is 35.0 Å². The molecule has 1 aromatic heterocycles. The minimum Gasteiger partial charge on any atom is -0.497 e. The van der Waals surface area contributed by atoms with Crippen molar-refractivity contribution in [2.75, 3.05) is 7.11 Å². The molecule has 3 nitrogen and oxygen atoms in total. The van der Waals surface area contributed by atoms with E-state index in [2.05, 4.69) is 26.1 Å². The van der Waals surface area contributed by atoms with Crippen molar-refractivity contribution < 1.29 is 4.74 Å². The Morgan fingerprint density at radius 1 is 1.05 bits per heavy atom. The average molecular weight is 382 g/mol. The van der Waals surface area contributed by atoms with E-state index in [1.54, 1.807) is 7.11 Å². The molecule has 0 amide bonds. The molecule has 0 aliphatic heterocycles. The minimum atomic E-state index is 0.658. The third-order valence-corrected chi connectivity index (χ3v) is 5.16. The summed E-state index contributed by atoms with van der Waals surface area (Å²) in [7, 11) is 1.65. The molecule has 0 saturated heterocycles. The number of halogens is 2. The van der Waals surface area contributed by atoms with Crippen LogP contribution in [0.5, 0.6) is 5.75 Å². The van der Waals surface area contributed by atoms with Gasteiger partial charge in [0, 0.05) is 15.6 Å². The van der Waals surface area contributed by atoms with Crippen LogP contribution in [0.4, 0.5) is 0 Å². The Morgan fingerprint density at radius 2 is 1.76 bits per heavy atom. The first kappa shape index (κ1) is 14.5.